The molecule has 25 heavy (non-hydrogen) atoms. The van der Waals surface area contributed by atoms with E-state index in [0.29, 0.717) is 6.54 Å². The van der Waals surface area contributed by atoms with Crippen molar-refractivity contribution in [1.82, 2.24) is 20.5 Å². The summed E-state index contributed by atoms with van der Waals surface area (Å²) >= 11 is 0. The number of hydrogen-bond acceptors (Lipinski definition) is 4. The van der Waals surface area contributed by atoms with Crippen LogP contribution < -0.4 is 10.6 Å². The van der Waals surface area contributed by atoms with Crippen molar-refractivity contribution in [2.45, 2.75) is 32.4 Å². The van der Waals surface area contributed by atoms with Crippen molar-refractivity contribution in [3.63, 3.8) is 0 Å². The molecule has 0 bridgehead atoms. The van der Waals surface area contributed by atoms with Crippen molar-refractivity contribution < 1.29 is 4.42 Å². The van der Waals surface area contributed by atoms with E-state index < -0.39 is 0 Å². The maximum absolute atomic E-state index is 5.67. The van der Waals surface area contributed by atoms with Crippen LogP contribution in [0.3, 0.4) is 0 Å². The fraction of sp³-hybridized carbons (Fsp3) is 0.474. The minimum absolute atomic E-state index is 0.229. The molecule has 134 valence electrons. The van der Waals surface area contributed by atoms with E-state index in [1.54, 1.807) is 13.3 Å². The molecule has 0 amide bonds. The van der Waals surface area contributed by atoms with Gasteiger partial charge in [0.2, 0.25) is 0 Å². The molecule has 2 aromatic heterocycles. The molecular weight excluding hydrogens is 314 g/mol. The smallest absolute Gasteiger partial charge is 0.191 e. The van der Waals surface area contributed by atoms with Gasteiger partial charge in [0.15, 0.2) is 5.96 Å². The normalized spacial score (nSPS) is 16.8. The van der Waals surface area contributed by atoms with Gasteiger partial charge in [-0.3, -0.25) is 14.9 Å². The first-order chi connectivity index (χ1) is 12.3. The third kappa shape index (κ3) is 4.60. The number of furan rings is 1. The highest BCUT2D eigenvalue weighted by atomic mass is 16.3. The number of aryl methyl sites for hydroxylation is 1. The summed E-state index contributed by atoms with van der Waals surface area (Å²) in [6.07, 6.45) is 6.07. The van der Waals surface area contributed by atoms with Gasteiger partial charge in [-0.2, -0.15) is 0 Å². The molecule has 1 fully saturated rings. The van der Waals surface area contributed by atoms with Crippen LogP contribution in [0.4, 0.5) is 0 Å². The third-order valence-corrected chi connectivity index (χ3v) is 4.68. The monoisotopic (exact) mass is 341 g/mol. The quantitative estimate of drug-likeness (QED) is 0.624. The van der Waals surface area contributed by atoms with Crippen molar-refractivity contribution >= 4 is 5.96 Å². The molecule has 3 rings (SSSR count). The van der Waals surface area contributed by atoms with E-state index in [1.807, 2.05) is 18.3 Å². The molecule has 1 atom stereocenters. The van der Waals surface area contributed by atoms with Crippen molar-refractivity contribution in [3.8, 4) is 0 Å². The van der Waals surface area contributed by atoms with Crippen LogP contribution >= 0.6 is 0 Å². The summed E-state index contributed by atoms with van der Waals surface area (Å²) in [5.41, 5.74) is 2.21. The summed E-state index contributed by atoms with van der Waals surface area (Å²) in [5.74, 6) is 1.78. The maximum atomic E-state index is 5.67. The fourth-order valence-electron chi connectivity index (χ4n) is 3.23. The zero-order valence-electron chi connectivity index (χ0n) is 15.0. The van der Waals surface area contributed by atoms with Crippen LogP contribution in [-0.4, -0.2) is 42.5 Å². The second-order valence-corrected chi connectivity index (χ2v) is 6.35. The number of aromatic nitrogens is 1. The van der Waals surface area contributed by atoms with Gasteiger partial charge < -0.3 is 15.1 Å². The van der Waals surface area contributed by atoms with E-state index >= 15 is 0 Å². The Morgan fingerprint density at radius 1 is 1.28 bits per heavy atom. The molecule has 1 aliphatic heterocycles. The molecule has 1 aliphatic rings. The summed E-state index contributed by atoms with van der Waals surface area (Å²) < 4.78 is 5.67. The van der Waals surface area contributed by atoms with Crippen molar-refractivity contribution in [3.05, 3.63) is 53.7 Å². The number of nitrogens with one attached hydrogen (secondary N) is 2. The first-order valence-corrected chi connectivity index (χ1v) is 8.90. The topological polar surface area (TPSA) is 65.7 Å². The fourth-order valence-corrected chi connectivity index (χ4v) is 3.23. The molecule has 2 aromatic rings. The number of rotatable bonds is 6. The average molecular weight is 341 g/mol. The summed E-state index contributed by atoms with van der Waals surface area (Å²) in [6, 6.07) is 8.26. The predicted molar refractivity (Wildman–Crippen MR) is 99.4 cm³/mol. The number of nitrogens with zero attached hydrogens (tertiary/aromatic N) is 3. The summed E-state index contributed by atoms with van der Waals surface area (Å²) in [4.78, 5) is 11.2. The molecule has 1 saturated heterocycles. The molecule has 0 saturated carbocycles. The summed E-state index contributed by atoms with van der Waals surface area (Å²) in [7, 11) is 1.79. The van der Waals surface area contributed by atoms with E-state index in [4.69, 9.17) is 4.42 Å². The molecule has 0 aromatic carbocycles. The van der Waals surface area contributed by atoms with Gasteiger partial charge in [0.05, 0.1) is 24.5 Å². The standard InChI is InChI=1S/C19H27N5O/c1-15-7-5-9-21-16(15)13-22-19(20-2)23-14-17(18-8-6-12-25-18)24-10-3-4-11-24/h5-9,12,17H,3-4,10-11,13-14H2,1-2H3,(H2,20,22,23). The van der Waals surface area contributed by atoms with Gasteiger partial charge >= 0.3 is 0 Å². The second kappa shape index (κ2) is 8.67. The Bertz CT molecular complexity index is 677. The van der Waals surface area contributed by atoms with Gasteiger partial charge in [0, 0.05) is 19.8 Å². The molecule has 0 radical (unpaired) electrons. The van der Waals surface area contributed by atoms with Gasteiger partial charge in [0.1, 0.15) is 5.76 Å². The lowest BCUT2D eigenvalue weighted by Crippen LogP contribution is -2.42. The summed E-state index contributed by atoms with van der Waals surface area (Å²) in [6.45, 7) is 5.72. The third-order valence-electron chi connectivity index (χ3n) is 4.68. The van der Waals surface area contributed by atoms with Crippen LogP contribution in [0.5, 0.6) is 0 Å². The van der Waals surface area contributed by atoms with Crippen molar-refractivity contribution in [2.75, 3.05) is 26.7 Å². The van der Waals surface area contributed by atoms with Gasteiger partial charge in [0.25, 0.3) is 0 Å². The number of likely N-dealkylation sites (tertiary alicyclic amines) is 1. The zero-order valence-corrected chi connectivity index (χ0v) is 15.0. The highest BCUT2D eigenvalue weighted by Gasteiger charge is 2.25. The molecular formula is C19H27N5O. The van der Waals surface area contributed by atoms with Crippen LogP contribution in [0, 0.1) is 6.92 Å². The van der Waals surface area contributed by atoms with Crippen LogP contribution in [0.15, 0.2) is 46.1 Å². The first-order valence-electron chi connectivity index (χ1n) is 8.90. The van der Waals surface area contributed by atoms with E-state index in [9.17, 15) is 0 Å². The molecule has 3 heterocycles. The Hall–Kier alpha value is -2.34. The highest BCUT2D eigenvalue weighted by Crippen LogP contribution is 2.24. The van der Waals surface area contributed by atoms with E-state index in [2.05, 4.69) is 44.6 Å². The van der Waals surface area contributed by atoms with Crippen LogP contribution in [0.25, 0.3) is 0 Å². The lowest BCUT2D eigenvalue weighted by atomic mass is 10.2. The van der Waals surface area contributed by atoms with Gasteiger partial charge in [-0.05, 0) is 56.6 Å². The molecule has 6 nitrogen and oxygen atoms in total. The van der Waals surface area contributed by atoms with E-state index in [-0.39, 0.29) is 6.04 Å². The lowest BCUT2D eigenvalue weighted by molar-refractivity contribution is 0.215. The van der Waals surface area contributed by atoms with E-state index in [0.717, 1.165) is 37.0 Å². The van der Waals surface area contributed by atoms with Gasteiger partial charge in [-0.25, -0.2) is 0 Å². The van der Waals surface area contributed by atoms with E-state index in [1.165, 1.54) is 18.4 Å². The van der Waals surface area contributed by atoms with Crippen molar-refractivity contribution in [1.29, 1.82) is 0 Å². The second-order valence-electron chi connectivity index (χ2n) is 6.35. The molecule has 0 aliphatic carbocycles. The Morgan fingerprint density at radius 3 is 2.80 bits per heavy atom. The molecule has 1 unspecified atom stereocenters. The Labute approximate surface area is 149 Å². The largest absolute Gasteiger partial charge is 0.468 e. The first kappa shape index (κ1) is 17.5. The highest BCUT2D eigenvalue weighted by molar-refractivity contribution is 5.79. The molecule has 0 spiro atoms. The Kier molecular flexibility index (Phi) is 6.06. The van der Waals surface area contributed by atoms with Crippen LogP contribution in [-0.2, 0) is 6.54 Å². The Balaban J connectivity index is 1.58. The number of hydrogen-bond donors (Lipinski definition) is 2. The molecule has 6 heteroatoms. The zero-order chi connectivity index (χ0) is 17.5. The van der Waals surface area contributed by atoms with Crippen LogP contribution in [0.2, 0.25) is 0 Å². The number of pyridine rings is 1. The predicted octanol–water partition coefficient (Wildman–Crippen LogP) is 2.49. The van der Waals surface area contributed by atoms with Gasteiger partial charge in [-0.15, -0.1) is 0 Å². The maximum Gasteiger partial charge on any atom is 0.191 e. The Morgan fingerprint density at radius 2 is 2.12 bits per heavy atom. The SMILES string of the molecule is CN=C(NCc1ncccc1C)NCC(c1ccco1)N1CCCC1. The van der Waals surface area contributed by atoms with Gasteiger partial charge in [-0.1, -0.05) is 6.07 Å². The molecule has 2 N–H and O–H groups in total. The van der Waals surface area contributed by atoms with Crippen molar-refractivity contribution in [2.24, 2.45) is 4.99 Å². The number of aliphatic imine (C=N–C) groups is 1. The average Bonchev–Trinajstić information content (AvgIpc) is 3.33. The minimum Gasteiger partial charge on any atom is -0.468 e. The van der Waals surface area contributed by atoms with Crippen LogP contribution in [0.1, 0.15) is 35.9 Å². The number of guanidine groups is 1. The minimum atomic E-state index is 0.229. The lowest BCUT2D eigenvalue weighted by Gasteiger charge is -2.26. The summed E-state index contributed by atoms with van der Waals surface area (Å²) in [5, 5.41) is 6.78.